The molecule has 0 aliphatic carbocycles. The second kappa shape index (κ2) is 3.91. The van der Waals surface area contributed by atoms with Crippen molar-refractivity contribution in [2.45, 2.75) is 26.3 Å². The zero-order chi connectivity index (χ0) is 11.8. The summed E-state index contributed by atoms with van der Waals surface area (Å²) in [5, 5.41) is 3.32. The Morgan fingerprint density at radius 3 is 3.00 bits per heavy atom. The van der Waals surface area contributed by atoms with Crippen molar-refractivity contribution < 1.29 is 0 Å². The number of aryl methyl sites for hydroxylation is 2. The molecule has 0 fully saturated rings. The molecule has 0 bridgehead atoms. The van der Waals surface area contributed by atoms with Crippen LogP contribution in [0.2, 0.25) is 0 Å². The smallest absolute Gasteiger partial charge is 0.203 e. The fraction of sp³-hybridized carbons (Fsp3) is 0.357. The fourth-order valence-corrected chi connectivity index (χ4v) is 2.46. The zero-order valence-electron chi connectivity index (χ0n) is 10.3. The summed E-state index contributed by atoms with van der Waals surface area (Å²) in [7, 11) is 0. The number of hydrogen-bond donors (Lipinski definition) is 1. The van der Waals surface area contributed by atoms with Crippen molar-refractivity contribution in [2.24, 2.45) is 0 Å². The molecule has 3 heteroatoms. The van der Waals surface area contributed by atoms with Crippen LogP contribution in [0.15, 0.2) is 30.6 Å². The van der Waals surface area contributed by atoms with Crippen LogP contribution in [0.1, 0.15) is 29.2 Å². The lowest BCUT2D eigenvalue weighted by molar-refractivity contribution is 0.530. The molecule has 2 heterocycles. The quantitative estimate of drug-likeness (QED) is 0.811. The van der Waals surface area contributed by atoms with Gasteiger partial charge < -0.3 is 9.88 Å². The number of aromatic nitrogens is 2. The monoisotopic (exact) mass is 227 g/mol. The minimum Gasteiger partial charge on any atom is -0.356 e. The lowest BCUT2D eigenvalue weighted by Gasteiger charge is -2.26. The van der Waals surface area contributed by atoms with Gasteiger partial charge in [-0.25, -0.2) is 4.98 Å². The fourth-order valence-electron chi connectivity index (χ4n) is 2.46. The molecule has 1 aliphatic heterocycles. The Balaban J connectivity index is 2.03. The zero-order valence-corrected chi connectivity index (χ0v) is 10.3. The topological polar surface area (TPSA) is 29.9 Å². The van der Waals surface area contributed by atoms with Gasteiger partial charge in [0.05, 0.1) is 6.04 Å². The number of nitrogens with zero attached hydrogens (tertiary/aromatic N) is 2. The van der Waals surface area contributed by atoms with Crippen molar-refractivity contribution in [3.8, 4) is 0 Å². The van der Waals surface area contributed by atoms with Gasteiger partial charge in [0, 0.05) is 18.9 Å². The first-order valence-corrected chi connectivity index (χ1v) is 6.09. The molecule has 0 amide bonds. The molecule has 0 saturated carbocycles. The third-order valence-corrected chi connectivity index (χ3v) is 3.62. The summed E-state index contributed by atoms with van der Waals surface area (Å²) in [6.07, 6.45) is 5.04. The molecule has 1 unspecified atom stereocenters. The van der Waals surface area contributed by atoms with Crippen molar-refractivity contribution in [3.05, 3.63) is 47.3 Å². The molecule has 2 aromatic rings. The summed E-state index contributed by atoms with van der Waals surface area (Å²) in [5.74, 6) is 0.986. The van der Waals surface area contributed by atoms with Gasteiger partial charge in [-0.3, -0.25) is 0 Å². The largest absolute Gasteiger partial charge is 0.356 e. The number of benzene rings is 1. The van der Waals surface area contributed by atoms with Crippen LogP contribution in [0.5, 0.6) is 0 Å². The lowest BCUT2D eigenvalue weighted by Crippen LogP contribution is -2.23. The first-order chi connectivity index (χ1) is 8.25. The average molecular weight is 227 g/mol. The third-order valence-electron chi connectivity index (χ3n) is 3.62. The van der Waals surface area contributed by atoms with E-state index >= 15 is 0 Å². The highest BCUT2D eigenvalue weighted by Gasteiger charge is 2.20. The van der Waals surface area contributed by atoms with E-state index in [1.54, 1.807) is 0 Å². The molecule has 0 saturated heterocycles. The Morgan fingerprint density at radius 1 is 1.29 bits per heavy atom. The van der Waals surface area contributed by atoms with Crippen LogP contribution in [-0.2, 0) is 0 Å². The molecule has 3 rings (SSSR count). The SMILES string of the molecule is Cc1ccc(C2CCNc3nccn32)cc1C. The summed E-state index contributed by atoms with van der Waals surface area (Å²) in [4.78, 5) is 4.32. The van der Waals surface area contributed by atoms with E-state index in [2.05, 4.69) is 53.1 Å². The predicted molar refractivity (Wildman–Crippen MR) is 69.4 cm³/mol. The number of rotatable bonds is 1. The second-order valence-corrected chi connectivity index (χ2v) is 4.73. The number of hydrogen-bond acceptors (Lipinski definition) is 2. The highest BCUT2D eigenvalue weighted by Crippen LogP contribution is 2.29. The second-order valence-electron chi connectivity index (χ2n) is 4.73. The van der Waals surface area contributed by atoms with Crippen LogP contribution in [-0.4, -0.2) is 16.1 Å². The van der Waals surface area contributed by atoms with Crippen LogP contribution in [0.3, 0.4) is 0 Å². The summed E-state index contributed by atoms with van der Waals surface area (Å²) in [6, 6.07) is 7.17. The molecule has 1 aliphatic rings. The highest BCUT2D eigenvalue weighted by molar-refractivity contribution is 5.37. The maximum Gasteiger partial charge on any atom is 0.203 e. The number of imidazole rings is 1. The average Bonchev–Trinajstić information content (AvgIpc) is 2.80. The molecule has 3 nitrogen and oxygen atoms in total. The number of nitrogens with one attached hydrogen (secondary N) is 1. The molecule has 1 atom stereocenters. The van der Waals surface area contributed by atoms with E-state index in [9.17, 15) is 0 Å². The van der Waals surface area contributed by atoms with Gasteiger partial charge in [-0.1, -0.05) is 18.2 Å². The van der Waals surface area contributed by atoms with Gasteiger partial charge >= 0.3 is 0 Å². The lowest BCUT2D eigenvalue weighted by atomic mass is 9.98. The molecule has 1 N–H and O–H groups in total. The summed E-state index contributed by atoms with van der Waals surface area (Å²) in [5.41, 5.74) is 4.10. The van der Waals surface area contributed by atoms with E-state index in [4.69, 9.17) is 0 Å². The van der Waals surface area contributed by atoms with E-state index in [0.29, 0.717) is 6.04 Å². The van der Waals surface area contributed by atoms with Crippen molar-refractivity contribution >= 4 is 5.95 Å². The molecule has 1 aromatic carbocycles. The van der Waals surface area contributed by atoms with Gasteiger partial charge in [-0.15, -0.1) is 0 Å². The normalized spacial score (nSPS) is 18.6. The number of fused-ring (bicyclic) bond motifs is 1. The summed E-state index contributed by atoms with van der Waals surface area (Å²) >= 11 is 0. The highest BCUT2D eigenvalue weighted by atomic mass is 15.2. The Morgan fingerprint density at radius 2 is 2.18 bits per heavy atom. The molecule has 0 radical (unpaired) electrons. The number of anilines is 1. The molecular formula is C14H17N3. The molecule has 88 valence electrons. The minimum atomic E-state index is 0.424. The van der Waals surface area contributed by atoms with Crippen LogP contribution in [0, 0.1) is 13.8 Å². The predicted octanol–water partition coefficient (Wildman–Crippen LogP) is 2.90. The van der Waals surface area contributed by atoms with Crippen LogP contribution in [0.4, 0.5) is 5.95 Å². The van der Waals surface area contributed by atoms with E-state index < -0.39 is 0 Å². The van der Waals surface area contributed by atoms with E-state index in [0.717, 1.165) is 18.9 Å². The van der Waals surface area contributed by atoms with Crippen molar-refractivity contribution in [1.82, 2.24) is 9.55 Å². The maximum atomic E-state index is 4.32. The first kappa shape index (κ1) is 10.4. The van der Waals surface area contributed by atoms with Crippen molar-refractivity contribution in [1.29, 1.82) is 0 Å². The molecular weight excluding hydrogens is 210 g/mol. The maximum absolute atomic E-state index is 4.32. The van der Waals surface area contributed by atoms with Crippen molar-refractivity contribution in [2.75, 3.05) is 11.9 Å². The van der Waals surface area contributed by atoms with Crippen LogP contribution < -0.4 is 5.32 Å². The third kappa shape index (κ3) is 1.71. The van der Waals surface area contributed by atoms with Crippen molar-refractivity contribution in [3.63, 3.8) is 0 Å². The minimum absolute atomic E-state index is 0.424. The van der Waals surface area contributed by atoms with Gasteiger partial charge in [0.1, 0.15) is 0 Å². The van der Waals surface area contributed by atoms with Crippen LogP contribution in [0.25, 0.3) is 0 Å². The van der Waals surface area contributed by atoms with Gasteiger partial charge in [0.2, 0.25) is 5.95 Å². The van der Waals surface area contributed by atoms with Crippen LogP contribution >= 0.6 is 0 Å². The summed E-state index contributed by atoms with van der Waals surface area (Å²) in [6.45, 7) is 5.33. The summed E-state index contributed by atoms with van der Waals surface area (Å²) < 4.78 is 2.23. The van der Waals surface area contributed by atoms with Gasteiger partial charge in [0.25, 0.3) is 0 Å². The Kier molecular flexibility index (Phi) is 2.39. The Labute approximate surface area is 101 Å². The van der Waals surface area contributed by atoms with E-state index in [-0.39, 0.29) is 0 Å². The first-order valence-electron chi connectivity index (χ1n) is 6.09. The van der Waals surface area contributed by atoms with Gasteiger partial charge in [-0.2, -0.15) is 0 Å². The molecule has 0 spiro atoms. The van der Waals surface area contributed by atoms with Gasteiger partial charge in [-0.05, 0) is 37.0 Å². The Bertz CT molecular complexity index is 542. The Hall–Kier alpha value is -1.77. The van der Waals surface area contributed by atoms with E-state index in [1.165, 1.54) is 16.7 Å². The van der Waals surface area contributed by atoms with Gasteiger partial charge in [0.15, 0.2) is 0 Å². The molecule has 17 heavy (non-hydrogen) atoms. The molecule has 1 aromatic heterocycles. The standard InChI is InChI=1S/C14H17N3/c1-10-3-4-12(9-11(10)2)13-5-6-15-14-16-7-8-17(13)14/h3-4,7-9,13H,5-6H2,1-2H3,(H,15,16). The van der Waals surface area contributed by atoms with E-state index in [1.807, 2.05) is 6.20 Å².